The van der Waals surface area contributed by atoms with E-state index >= 15 is 0 Å². The molecule has 1 saturated heterocycles. The van der Waals surface area contributed by atoms with Crippen LogP contribution >= 0.6 is 0 Å². The highest BCUT2D eigenvalue weighted by atomic mass is 16.2. The van der Waals surface area contributed by atoms with Crippen molar-refractivity contribution < 1.29 is 9.59 Å². The van der Waals surface area contributed by atoms with E-state index in [0.29, 0.717) is 32.6 Å². The molecular formula is C18H30N6O4. The molecule has 4 N–H and O–H groups in total. The van der Waals surface area contributed by atoms with Gasteiger partial charge in [0.1, 0.15) is 5.82 Å². The van der Waals surface area contributed by atoms with Gasteiger partial charge in [-0.2, -0.15) is 0 Å². The summed E-state index contributed by atoms with van der Waals surface area (Å²) in [7, 11) is 0. The molecule has 1 aliphatic rings. The molecule has 1 aromatic rings. The fourth-order valence-corrected chi connectivity index (χ4v) is 3.17. The summed E-state index contributed by atoms with van der Waals surface area (Å²) in [5.74, 6) is -0.342. The first-order valence-corrected chi connectivity index (χ1v) is 9.66. The first kappa shape index (κ1) is 21.7. The van der Waals surface area contributed by atoms with E-state index in [1.54, 1.807) is 4.90 Å². The predicted molar refractivity (Wildman–Crippen MR) is 107 cm³/mol. The number of rotatable bonds is 8. The molecule has 2 amide bonds. The van der Waals surface area contributed by atoms with Gasteiger partial charge < -0.3 is 16.0 Å². The van der Waals surface area contributed by atoms with Gasteiger partial charge >= 0.3 is 5.69 Å². The summed E-state index contributed by atoms with van der Waals surface area (Å²) in [5, 5.41) is 2.71. The van der Waals surface area contributed by atoms with E-state index in [-0.39, 0.29) is 42.3 Å². The van der Waals surface area contributed by atoms with Crippen molar-refractivity contribution in [2.24, 2.45) is 5.92 Å². The van der Waals surface area contributed by atoms with Crippen molar-refractivity contribution in [3.8, 4) is 0 Å². The lowest BCUT2D eigenvalue weighted by molar-refractivity contribution is -0.126. The SMILES string of the molecule is CCCCN(C(=O)CN1CCNC(=O)C1)c1c(N)n(CC(C)C)c(=O)[nH]c1=O. The zero-order valence-corrected chi connectivity index (χ0v) is 16.8. The molecule has 1 aliphatic heterocycles. The molecule has 2 heterocycles. The summed E-state index contributed by atoms with van der Waals surface area (Å²) in [6.07, 6.45) is 1.49. The predicted octanol–water partition coefficient (Wildman–Crippen LogP) is -0.660. The summed E-state index contributed by atoms with van der Waals surface area (Å²) in [6.45, 7) is 7.63. The Bertz CT molecular complexity index is 828. The molecule has 10 nitrogen and oxygen atoms in total. The first-order chi connectivity index (χ1) is 13.2. The van der Waals surface area contributed by atoms with Crippen molar-refractivity contribution in [3.63, 3.8) is 0 Å². The normalized spacial score (nSPS) is 14.9. The fraction of sp³-hybridized carbons (Fsp3) is 0.667. The molecule has 2 rings (SSSR count). The lowest BCUT2D eigenvalue weighted by atomic mass is 10.2. The number of carbonyl (C=O) groups is 2. The summed E-state index contributed by atoms with van der Waals surface area (Å²) in [4.78, 5) is 54.6. The quantitative estimate of drug-likeness (QED) is 0.536. The third kappa shape index (κ3) is 5.22. The maximum absolute atomic E-state index is 13.0. The molecule has 28 heavy (non-hydrogen) atoms. The summed E-state index contributed by atoms with van der Waals surface area (Å²) in [6, 6.07) is 0. The number of unbranched alkanes of at least 4 members (excludes halogenated alkanes) is 1. The highest BCUT2D eigenvalue weighted by molar-refractivity contribution is 5.97. The van der Waals surface area contributed by atoms with Gasteiger partial charge in [-0.1, -0.05) is 27.2 Å². The van der Waals surface area contributed by atoms with E-state index in [1.165, 1.54) is 9.47 Å². The van der Waals surface area contributed by atoms with Crippen LogP contribution in [0.25, 0.3) is 0 Å². The molecule has 1 fully saturated rings. The summed E-state index contributed by atoms with van der Waals surface area (Å²) >= 11 is 0. The monoisotopic (exact) mass is 394 g/mol. The highest BCUT2D eigenvalue weighted by Gasteiger charge is 2.27. The average molecular weight is 394 g/mol. The number of carbonyl (C=O) groups excluding carboxylic acids is 2. The maximum atomic E-state index is 13.0. The largest absolute Gasteiger partial charge is 0.383 e. The Morgan fingerprint density at radius 3 is 2.61 bits per heavy atom. The number of aromatic amines is 1. The van der Waals surface area contributed by atoms with Gasteiger partial charge in [0, 0.05) is 26.2 Å². The van der Waals surface area contributed by atoms with Crippen molar-refractivity contribution >= 4 is 23.3 Å². The van der Waals surface area contributed by atoms with Crippen LogP contribution in [0, 0.1) is 5.92 Å². The Labute approximate surface area is 163 Å². The Kier molecular flexibility index (Phi) is 7.38. The average Bonchev–Trinajstić information content (AvgIpc) is 2.61. The van der Waals surface area contributed by atoms with E-state index in [4.69, 9.17) is 5.73 Å². The van der Waals surface area contributed by atoms with E-state index in [0.717, 1.165) is 6.42 Å². The number of H-pyrrole nitrogens is 1. The second kappa shape index (κ2) is 9.54. The number of aromatic nitrogens is 2. The summed E-state index contributed by atoms with van der Waals surface area (Å²) < 4.78 is 1.29. The Morgan fingerprint density at radius 1 is 1.29 bits per heavy atom. The topological polar surface area (TPSA) is 134 Å². The molecule has 0 radical (unpaired) electrons. The number of nitrogen functional groups attached to an aromatic ring is 1. The van der Waals surface area contributed by atoms with Crippen molar-refractivity contribution in [1.82, 2.24) is 19.8 Å². The van der Waals surface area contributed by atoms with E-state index < -0.39 is 11.2 Å². The van der Waals surface area contributed by atoms with Crippen molar-refractivity contribution in [2.45, 2.75) is 40.2 Å². The molecule has 0 bridgehead atoms. The van der Waals surface area contributed by atoms with Gasteiger partial charge in [-0.3, -0.25) is 28.8 Å². The minimum absolute atomic E-state index is 0.000149. The molecule has 0 atom stereocenters. The van der Waals surface area contributed by atoms with Gasteiger partial charge in [0.25, 0.3) is 5.56 Å². The second-order valence-corrected chi connectivity index (χ2v) is 7.46. The number of hydrogen-bond donors (Lipinski definition) is 3. The van der Waals surface area contributed by atoms with Crippen LogP contribution in [-0.2, 0) is 16.1 Å². The van der Waals surface area contributed by atoms with Crippen LogP contribution in [0.2, 0.25) is 0 Å². The third-order valence-electron chi connectivity index (χ3n) is 4.54. The van der Waals surface area contributed by atoms with Crippen LogP contribution in [0.1, 0.15) is 33.6 Å². The standard InChI is InChI=1S/C18H30N6O4/c1-4-5-7-23(14(26)11-22-8-6-20-13(25)10-22)15-16(19)24(9-12(2)3)18(28)21-17(15)27/h12H,4-11,19H2,1-3H3,(H,20,25)(H,21,27,28). The molecule has 0 aliphatic carbocycles. The zero-order chi connectivity index (χ0) is 20.8. The molecule has 0 unspecified atom stereocenters. The zero-order valence-electron chi connectivity index (χ0n) is 16.8. The van der Waals surface area contributed by atoms with Gasteiger partial charge in [0.05, 0.1) is 13.1 Å². The number of nitrogens with two attached hydrogens (primary N) is 1. The van der Waals surface area contributed by atoms with Crippen LogP contribution in [0.15, 0.2) is 9.59 Å². The number of piperazine rings is 1. The van der Waals surface area contributed by atoms with Crippen molar-refractivity contribution in [1.29, 1.82) is 0 Å². The highest BCUT2D eigenvalue weighted by Crippen LogP contribution is 2.19. The van der Waals surface area contributed by atoms with Crippen molar-refractivity contribution in [3.05, 3.63) is 20.8 Å². The number of anilines is 2. The maximum Gasteiger partial charge on any atom is 0.330 e. The Morgan fingerprint density at radius 2 is 2.00 bits per heavy atom. The van der Waals surface area contributed by atoms with E-state index in [9.17, 15) is 19.2 Å². The van der Waals surface area contributed by atoms with Crippen LogP contribution in [0.3, 0.4) is 0 Å². The van der Waals surface area contributed by atoms with Crippen LogP contribution in [-0.4, -0.2) is 59.0 Å². The van der Waals surface area contributed by atoms with Gasteiger partial charge in [-0.05, 0) is 12.3 Å². The minimum atomic E-state index is -0.677. The van der Waals surface area contributed by atoms with Crippen LogP contribution in [0.5, 0.6) is 0 Å². The van der Waals surface area contributed by atoms with Crippen LogP contribution < -0.4 is 27.2 Å². The molecule has 1 aromatic heterocycles. The Balaban J connectivity index is 2.38. The number of nitrogens with zero attached hydrogens (tertiary/aromatic N) is 3. The van der Waals surface area contributed by atoms with Gasteiger partial charge in [0.2, 0.25) is 11.8 Å². The fourth-order valence-electron chi connectivity index (χ4n) is 3.17. The van der Waals surface area contributed by atoms with Gasteiger partial charge in [0.15, 0.2) is 5.69 Å². The number of nitrogens with one attached hydrogen (secondary N) is 2. The first-order valence-electron chi connectivity index (χ1n) is 9.66. The molecule has 0 aromatic carbocycles. The molecular weight excluding hydrogens is 364 g/mol. The molecule has 10 heteroatoms. The Hall–Kier alpha value is -2.62. The lowest BCUT2D eigenvalue weighted by Gasteiger charge is -2.30. The smallest absolute Gasteiger partial charge is 0.330 e. The lowest BCUT2D eigenvalue weighted by Crippen LogP contribution is -2.52. The third-order valence-corrected chi connectivity index (χ3v) is 4.54. The summed E-state index contributed by atoms with van der Waals surface area (Å²) in [5.41, 5.74) is 4.91. The molecule has 0 spiro atoms. The molecule has 156 valence electrons. The number of amides is 2. The van der Waals surface area contributed by atoms with Gasteiger partial charge in [-0.15, -0.1) is 0 Å². The van der Waals surface area contributed by atoms with E-state index in [2.05, 4.69) is 10.3 Å². The van der Waals surface area contributed by atoms with Gasteiger partial charge in [-0.25, -0.2) is 4.79 Å². The second-order valence-electron chi connectivity index (χ2n) is 7.46. The van der Waals surface area contributed by atoms with E-state index in [1.807, 2.05) is 20.8 Å². The molecule has 0 saturated carbocycles. The number of hydrogen-bond acceptors (Lipinski definition) is 6. The minimum Gasteiger partial charge on any atom is -0.383 e. The van der Waals surface area contributed by atoms with Crippen molar-refractivity contribution in [2.75, 3.05) is 43.4 Å². The van der Waals surface area contributed by atoms with Crippen LogP contribution in [0.4, 0.5) is 11.5 Å².